The van der Waals surface area contributed by atoms with E-state index < -0.39 is 10.0 Å². The van der Waals surface area contributed by atoms with E-state index in [-0.39, 0.29) is 28.4 Å². The van der Waals surface area contributed by atoms with Gasteiger partial charge in [0.1, 0.15) is 0 Å². The van der Waals surface area contributed by atoms with Gasteiger partial charge in [-0.05, 0) is 93.7 Å². The van der Waals surface area contributed by atoms with Crippen LogP contribution in [-0.2, 0) is 14.8 Å². The van der Waals surface area contributed by atoms with Gasteiger partial charge in [-0.3, -0.25) is 4.79 Å². The van der Waals surface area contributed by atoms with Crippen LogP contribution in [-0.4, -0.2) is 62.4 Å². The first-order chi connectivity index (χ1) is 15.1. The Balaban J connectivity index is 1.32. The number of nitrogens with zero attached hydrogens (tertiary/aromatic N) is 2. The van der Waals surface area contributed by atoms with E-state index in [1.807, 2.05) is 25.8 Å². The Morgan fingerprint density at radius 3 is 2.19 bits per heavy atom. The van der Waals surface area contributed by atoms with Gasteiger partial charge >= 0.3 is 0 Å². The third kappa shape index (κ3) is 4.12. The highest BCUT2D eigenvalue weighted by Crippen LogP contribution is 2.60. The van der Waals surface area contributed by atoms with Crippen molar-refractivity contribution in [2.24, 2.45) is 23.2 Å². The highest BCUT2D eigenvalue weighted by Gasteiger charge is 2.51. The molecule has 6 rings (SSSR count). The van der Waals surface area contributed by atoms with Crippen molar-refractivity contribution in [3.63, 3.8) is 0 Å². The first-order valence-electron chi connectivity index (χ1n) is 12.1. The molecule has 176 valence electrons. The molecule has 5 aliphatic rings. The summed E-state index contributed by atoms with van der Waals surface area (Å²) in [6, 6.07) is 6.57. The minimum Gasteiger partial charge on any atom is -0.373 e. The molecule has 5 fully saturated rings. The lowest BCUT2D eigenvalue weighted by molar-refractivity contribution is -0.0629. The maximum Gasteiger partial charge on any atom is 0.253 e. The van der Waals surface area contributed by atoms with Gasteiger partial charge in [0.2, 0.25) is 10.0 Å². The molecule has 7 heteroatoms. The summed E-state index contributed by atoms with van der Waals surface area (Å²) in [6.45, 7) is 5.22. The Labute approximate surface area is 192 Å². The van der Waals surface area contributed by atoms with Crippen LogP contribution in [0.3, 0.4) is 0 Å². The highest BCUT2D eigenvalue weighted by molar-refractivity contribution is 7.89. The molecule has 0 unspecified atom stereocenters. The van der Waals surface area contributed by atoms with E-state index >= 15 is 0 Å². The molecule has 1 saturated heterocycles. The molecule has 32 heavy (non-hydrogen) atoms. The van der Waals surface area contributed by atoms with E-state index in [1.54, 1.807) is 24.3 Å². The van der Waals surface area contributed by atoms with Gasteiger partial charge in [0.05, 0.1) is 17.1 Å². The SMILES string of the molecule is C[C@H]1CN(S(=O)(=O)c2cccc(C(=O)N(C)CC34CC5CC(CC(C5)C3)C4)c2)C[C@H](C)O1. The molecule has 1 aromatic carbocycles. The number of rotatable bonds is 5. The molecule has 1 aliphatic heterocycles. The number of carbonyl (C=O) groups excluding carboxylic acids is 1. The first-order valence-corrected chi connectivity index (χ1v) is 13.6. The maximum atomic E-state index is 13.3. The summed E-state index contributed by atoms with van der Waals surface area (Å²) in [5.41, 5.74) is 0.718. The monoisotopic (exact) mass is 460 g/mol. The average molecular weight is 461 g/mol. The summed E-state index contributed by atoms with van der Waals surface area (Å²) in [6.07, 6.45) is 7.60. The fraction of sp³-hybridized carbons (Fsp3) is 0.720. The number of benzene rings is 1. The van der Waals surface area contributed by atoms with E-state index in [0.717, 1.165) is 24.3 Å². The van der Waals surface area contributed by atoms with Crippen LogP contribution in [0.1, 0.15) is 62.7 Å². The molecule has 6 nitrogen and oxygen atoms in total. The normalized spacial score (nSPS) is 36.9. The molecule has 2 atom stereocenters. The zero-order chi connectivity index (χ0) is 22.7. The Bertz CT molecular complexity index is 946. The lowest BCUT2D eigenvalue weighted by Gasteiger charge is -2.57. The number of sulfonamides is 1. The van der Waals surface area contributed by atoms with E-state index in [2.05, 4.69) is 0 Å². The lowest BCUT2D eigenvalue weighted by atomic mass is 9.49. The van der Waals surface area contributed by atoms with Gasteiger partial charge in [-0.1, -0.05) is 6.07 Å². The van der Waals surface area contributed by atoms with Crippen LogP contribution in [0.15, 0.2) is 29.2 Å². The van der Waals surface area contributed by atoms with E-state index in [0.29, 0.717) is 18.7 Å². The van der Waals surface area contributed by atoms with Crippen molar-refractivity contribution in [2.45, 2.75) is 69.5 Å². The van der Waals surface area contributed by atoms with Gasteiger partial charge in [-0.15, -0.1) is 0 Å². The summed E-state index contributed by atoms with van der Waals surface area (Å²) >= 11 is 0. The molecule has 4 aliphatic carbocycles. The number of hydrogen-bond donors (Lipinski definition) is 0. The molecule has 0 spiro atoms. The molecule has 0 N–H and O–H groups in total. The van der Waals surface area contributed by atoms with Crippen LogP contribution in [0, 0.1) is 23.2 Å². The second kappa shape index (κ2) is 8.10. The Morgan fingerprint density at radius 1 is 1.06 bits per heavy atom. The third-order valence-corrected chi connectivity index (χ3v) is 10.0. The zero-order valence-electron chi connectivity index (χ0n) is 19.5. The summed E-state index contributed by atoms with van der Waals surface area (Å²) in [7, 11) is -1.79. The molecule has 1 aromatic rings. The van der Waals surface area contributed by atoms with Crippen LogP contribution in [0.5, 0.6) is 0 Å². The van der Waals surface area contributed by atoms with Crippen molar-refractivity contribution >= 4 is 15.9 Å². The van der Waals surface area contributed by atoms with Gasteiger partial charge < -0.3 is 9.64 Å². The van der Waals surface area contributed by atoms with E-state index in [1.165, 1.54) is 42.8 Å². The van der Waals surface area contributed by atoms with Crippen molar-refractivity contribution in [1.29, 1.82) is 0 Å². The largest absolute Gasteiger partial charge is 0.373 e. The minimum atomic E-state index is -3.67. The van der Waals surface area contributed by atoms with E-state index in [4.69, 9.17) is 4.74 Å². The molecule has 1 amide bonds. The maximum absolute atomic E-state index is 13.3. The van der Waals surface area contributed by atoms with Crippen LogP contribution in [0.2, 0.25) is 0 Å². The van der Waals surface area contributed by atoms with Gasteiger partial charge in [0.15, 0.2) is 0 Å². The quantitative estimate of drug-likeness (QED) is 0.671. The average Bonchev–Trinajstić information content (AvgIpc) is 2.71. The summed E-state index contributed by atoms with van der Waals surface area (Å²) in [5.74, 6) is 2.45. The molecule has 0 radical (unpaired) electrons. The van der Waals surface area contributed by atoms with Crippen molar-refractivity contribution < 1.29 is 17.9 Å². The molecule has 1 heterocycles. The van der Waals surface area contributed by atoms with Gasteiger partial charge in [0.25, 0.3) is 5.91 Å². The van der Waals surface area contributed by atoms with E-state index in [9.17, 15) is 13.2 Å². The fourth-order valence-corrected chi connectivity index (χ4v) is 9.18. The van der Waals surface area contributed by atoms with Crippen molar-refractivity contribution in [3.05, 3.63) is 29.8 Å². The summed E-state index contributed by atoms with van der Waals surface area (Å²) in [5, 5.41) is 0. The van der Waals surface area contributed by atoms with Gasteiger partial charge in [-0.2, -0.15) is 4.31 Å². The Kier molecular flexibility index (Phi) is 5.66. The molecule has 0 aromatic heterocycles. The van der Waals surface area contributed by atoms with Gasteiger partial charge in [-0.25, -0.2) is 8.42 Å². The third-order valence-electron chi connectivity index (χ3n) is 8.19. The van der Waals surface area contributed by atoms with Crippen LogP contribution in [0.25, 0.3) is 0 Å². The predicted molar refractivity (Wildman–Crippen MR) is 123 cm³/mol. The van der Waals surface area contributed by atoms with Crippen molar-refractivity contribution in [1.82, 2.24) is 9.21 Å². The number of hydrogen-bond acceptors (Lipinski definition) is 4. The number of morpholine rings is 1. The molecule has 4 bridgehead atoms. The molecule has 4 saturated carbocycles. The lowest BCUT2D eigenvalue weighted by Crippen LogP contribution is -2.51. The molecular weight excluding hydrogens is 424 g/mol. The van der Waals surface area contributed by atoms with Crippen molar-refractivity contribution in [3.8, 4) is 0 Å². The highest BCUT2D eigenvalue weighted by atomic mass is 32.2. The number of amides is 1. The Hall–Kier alpha value is -1.44. The standard InChI is InChI=1S/C25H36N2O4S/c1-17-14-27(15-18(2)31-17)32(29,30)23-6-4-5-22(10-23)24(28)26(3)16-25-11-19-7-20(12-25)9-21(8-19)13-25/h4-6,10,17-21H,7-9,11-16H2,1-3H3/t17-,18-,19?,20?,21?,25?/m0/s1. The van der Waals surface area contributed by atoms with Crippen molar-refractivity contribution in [2.75, 3.05) is 26.7 Å². The first kappa shape index (κ1) is 22.4. The molecular formula is C25H36N2O4S. The minimum absolute atomic E-state index is 0.0819. The summed E-state index contributed by atoms with van der Waals surface area (Å²) in [4.78, 5) is 15.4. The Morgan fingerprint density at radius 2 is 1.62 bits per heavy atom. The predicted octanol–water partition coefficient (Wildman–Crippen LogP) is 3.77. The smallest absolute Gasteiger partial charge is 0.253 e. The topological polar surface area (TPSA) is 66.9 Å². The fourth-order valence-electron chi connectivity index (χ4n) is 7.54. The number of ether oxygens (including phenoxy) is 1. The number of carbonyl (C=O) groups is 1. The van der Waals surface area contributed by atoms with Crippen LogP contribution >= 0.6 is 0 Å². The van der Waals surface area contributed by atoms with Crippen LogP contribution in [0.4, 0.5) is 0 Å². The summed E-state index contributed by atoms with van der Waals surface area (Å²) < 4.78 is 33.7. The second-order valence-electron chi connectivity index (χ2n) is 11.2. The zero-order valence-corrected chi connectivity index (χ0v) is 20.3. The van der Waals surface area contributed by atoms with Crippen LogP contribution < -0.4 is 0 Å². The van der Waals surface area contributed by atoms with Gasteiger partial charge in [0, 0.05) is 32.2 Å². The second-order valence-corrected chi connectivity index (χ2v) is 13.1.